The number of nitrogens with zero attached hydrogens (tertiary/aromatic N) is 1. The van der Waals surface area contributed by atoms with Crippen LogP contribution in [-0.4, -0.2) is 48.4 Å². The Morgan fingerprint density at radius 3 is 2.68 bits per heavy atom. The van der Waals surface area contributed by atoms with Gasteiger partial charge in [-0.25, -0.2) is 4.79 Å². The first-order valence-electron chi connectivity index (χ1n) is 13.7. The van der Waals surface area contributed by atoms with E-state index in [1.54, 1.807) is 6.07 Å². The summed E-state index contributed by atoms with van der Waals surface area (Å²) < 4.78 is 19.0. The molecule has 1 fully saturated rings. The lowest BCUT2D eigenvalue weighted by Gasteiger charge is -2.20. The van der Waals surface area contributed by atoms with Crippen LogP contribution in [0.25, 0.3) is 11.1 Å². The van der Waals surface area contributed by atoms with E-state index in [1.165, 1.54) is 22.3 Å². The monoisotopic (exact) mass is 513 g/mol. The molecule has 0 bridgehead atoms. The standard InChI is InChI=1S/C33H36FNO3/c1-22-10-12-29(23(2)18-22)31-9-4-6-24-19-26(33(36)37)11-13-30(24)32(31)25-7-3-8-27(20-25)38-28-14-17-35(21-28)16-5-15-34/h3,7-8,10-13,18-20,28H,4-6,9,14-17,21H2,1-2H3,(H,36,37)/t28-/m1/s1. The maximum absolute atomic E-state index is 12.6. The molecule has 3 aromatic carbocycles. The summed E-state index contributed by atoms with van der Waals surface area (Å²) in [5, 5.41) is 9.62. The molecule has 2 aliphatic rings. The van der Waals surface area contributed by atoms with Gasteiger partial charge in [0, 0.05) is 19.6 Å². The maximum atomic E-state index is 12.6. The van der Waals surface area contributed by atoms with Crippen molar-refractivity contribution in [2.75, 3.05) is 26.3 Å². The number of hydrogen-bond acceptors (Lipinski definition) is 3. The van der Waals surface area contributed by atoms with Crippen molar-refractivity contribution >= 4 is 17.1 Å². The zero-order valence-electron chi connectivity index (χ0n) is 22.3. The molecule has 1 aliphatic heterocycles. The van der Waals surface area contributed by atoms with E-state index in [9.17, 15) is 14.3 Å². The lowest BCUT2D eigenvalue weighted by Crippen LogP contribution is -2.26. The lowest BCUT2D eigenvalue weighted by molar-refractivity contribution is 0.0696. The Bertz CT molecular complexity index is 1360. The Hall–Kier alpha value is -3.44. The molecule has 5 heteroatoms. The van der Waals surface area contributed by atoms with Gasteiger partial charge in [0.05, 0.1) is 12.2 Å². The number of carbonyl (C=O) groups is 1. The Morgan fingerprint density at radius 2 is 1.89 bits per heavy atom. The highest BCUT2D eigenvalue weighted by molar-refractivity contribution is 6.01. The van der Waals surface area contributed by atoms with Crippen molar-refractivity contribution in [3.8, 4) is 5.75 Å². The summed E-state index contributed by atoms with van der Waals surface area (Å²) >= 11 is 0. The number of ether oxygens (including phenoxy) is 1. The third kappa shape index (κ3) is 5.68. The molecule has 198 valence electrons. The fourth-order valence-electron chi connectivity index (χ4n) is 5.97. The Balaban J connectivity index is 1.57. The number of carboxylic acid groups (broad SMARTS) is 1. The van der Waals surface area contributed by atoms with E-state index in [2.05, 4.69) is 49.1 Å². The molecule has 0 unspecified atom stereocenters. The van der Waals surface area contributed by atoms with E-state index >= 15 is 0 Å². The summed E-state index contributed by atoms with van der Waals surface area (Å²) in [5.74, 6) is -0.0648. The van der Waals surface area contributed by atoms with Crippen LogP contribution in [0.15, 0.2) is 60.7 Å². The van der Waals surface area contributed by atoms with Crippen molar-refractivity contribution in [2.45, 2.75) is 52.1 Å². The molecule has 0 radical (unpaired) electrons. The highest BCUT2D eigenvalue weighted by atomic mass is 19.1. The predicted octanol–water partition coefficient (Wildman–Crippen LogP) is 7.11. The van der Waals surface area contributed by atoms with Crippen molar-refractivity contribution in [3.63, 3.8) is 0 Å². The SMILES string of the molecule is Cc1ccc(C2=C(c3cccc(O[C@@H]4CCN(CCCF)C4)c3)c3ccc(C(=O)O)cc3CCC2)c(C)c1. The van der Waals surface area contributed by atoms with Crippen LogP contribution in [0.2, 0.25) is 0 Å². The summed E-state index contributed by atoms with van der Waals surface area (Å²) in [6.45, 7) is 6.53. The Kier molecular flexibility index (Phi) is 7.94. The number of alkyl halides is 1. The number of halogens is 1. The third-order valence-corrected chi connectivity index (χ3v) is 7.77. The smallest absolute Gasteiger partial charge is 0.335 e. The number of aryl methyl sites for hydroxylation is 3. The van der Waals surface area contributed by atoms with Gasteiger partial charge in [0.1, 0.15) is 11.9 Å². The predicted molar refractivity (Wildman–Crippen MR) is 151 cm³/mol. The van der Waals surface area contributed by atoms with Crippen LogP contribution in [0.5, 0.6) is 5.75 Å². The van der Waals surface area contributed by atoms with Crippen LogP contribution < -0.4 is 4.74 Å². The third-order valence-electron chi connectivity index (χ3n) is 7.77. The normalized spacial score (nSPS) is 17.8. The molecule has 0 saturated carbocycles. The highest BCUT2D eigenvalue weighted by Crippen LogP contribution is 2.42. The first-order chi connectivity index (χ1) is 18.4. The van der Waals surface area contributed by atoms with Gasteiger partial charge in [0.2, 0.25) is 0 Å². The van der Waals surface area contributed by atoms with Crippen molar-refractivity contribution in [2.24, 2.45) is 0 Å². The van der Waals surface area contributed by atoms with Gasteiger partial charge in [0.25, 0.3) is 0 Å². The van der Waals surface area contributed by atoms with Crippen LogP contribution in [0.3, 0.4) is 0 Å². The molecule has 0 aromatic heterocycles. The molecule has 1 aliphatic carbocycles. The van der Waals surface area contributed by atoms with E-state index in [-0.39, 0.29) is 12.8 Å². The molecular weight excluding hydrogens is 477 g/mol. The summed E-state index contributed by atoms with van der Waals surface area (Å²) in [7, 11) is 0. The van der Waals surface area contributed by atoms with E-state index in [4.69, 9.17) is 4.74 Å². The molecule has 1 saturated heterocycles. The molecule has 3 aromatic rings. The second kappa shape index (κ2) is 11.5. The molecule has 4 nitrogen and oxygen atoms in total. The van der Waals surface area contributed by atoms with Gasteiger partial charge in [-0.05, 0) is 109 Å². The average Bonchev–Trinajstić information content (AvgIpc) is 3.25. The van der Waals surface area contributed by atoms with Crippen LogP contribution in [0.4, 0.5) is 4.39 Å². The minimum absolute atomic E-state index is 0.0946. The molecular formula is C33H36FNO3. The topological polar surface area (TPSA) is 49.8 Å². The fraction of sp³-hybridized carbons (Fsp3) is 0.364. The van der Waals surface area contributed by atoms with Gasteiger partial charge < -0.3 is 9.84 Å². The minimum Gasteiger partial charge on any atom is -0.489 e. The van der Waals surface area contributed by atoms with Crippen LogP contribution in [0.1, 0.15) is 69.4 Å². The van der Waals surface area contributed by atoms with E-state index in [0.29, 0.717) is 12.0 Å². The molecule has 5 rings (SSSR count). The first kappa shape index (κ1) is 26.2. The minimum atomic E-state index is -0.898. The van der Waals surface area contributed by atoms with E-state index in [1.807, 2.05) is 24.3 Å². The van der Waals surface area contributed by atoms with Gasteiger partial charge in [0.15, 0.2) is 0 Å². The second-order valence-corrected chi connectivity index (χ2v) is 10.6. The quantitative estimate of drug-likeness (QED) is 0.349. The number of rotatable bonds is 8. The second-order valence-electron chi connectivity index (χ2n) is 10.6. The number of fused-ring (bicyclic) bond motifs is 1. The number of hydrogen-bond donors (Lipinski definition) is 1. The molecule has 0 spiro atoms. The number of allylic oxidation sites excluding steroid dienone is 1. The number of carboxylic acids is 1. The zero-order valence-corrected chi connectivity index (χ0v) is 22.3. The number of aromatic carboxylic acids is 1. The molecule has 38 heavy (non-hydrogen) atoms. The maximum Gasteiger partial charge on any atom is 0.335 e. The van der Waals surface area contributed by atoms with Crippen molar-refractivity contribution < 1.29 is 19.0 Å². The summed E-state index contributed by atoms with van der Waals surface area (Å²) in [4.78, 5) is 14.0. The van der Waals surface area contributed by atoms with Gasteiger partial charge in [-0.15, -0.1) is 0 Å². The van der Waals surface area contributed by atoms with Gasteiger partial charge >= 0.3 is 5.97 Å². The van der Waals surface area contributed by atoms with Gasteiger partial charge in [-0.2, -0.15) is 0 Å². The van der Waals surface area contributed by atoms with E-state index < -0.39 is 5.97 Å². The van der Waals surface area contributed by atoms with Crippen molar-refractivity contribution in [3.05, 3.63) is 99.6 Å². The van der Waals surface area contributed by atoms with Crippen molar-refractivity contribution in [1.82, 2.24) is 4.90 Å². The molecule has 1 heterocycles. The number of likely N-dealkylation sites (tertiary alicyclic amines) is 1. The fourth-order valence-corrected chi connectivity index (χ4v) is 5.97. The van der Waals surface area contributed by atoms with Crippen LogP contribution in [0, 0.1) is 13.8 Å². The van der Waals surface area contributed by atoms with Crippen LogP contribution >= 0.6 is 0 Å². The Labute approximate surface area is 224 Å². The zero-order chi connectivity index (χ0) is 26.6. The molecule has 0 amide bonds. The summed E-state index contributed by atoms with van der Waals surface area (Å²) in [6, 6.07) is 20.5. The van der Waals surface area contributed by atoms with Gasteiger partial charge in [-0.3, -0.25) is 9.29 Å². The Morgan fingerprint density at radius 1 is 1.05 bits per heavy atom. The largest absolute Gasteiger partial charge is 0.489 e. The van der Waals surface area contributed by atoms with Crippen LogP contribution in [-0.2, 0) is 6.42 Å². The first-order valence-corrected chi connectivity index (χ1v) is 13.7. The summed E-state index contributed by atoms with van der Waals surface area (Å²) in [5.41, 5.74) is 9.75. The highest BCUT2D eigenvalue weighted by Gasteiger charge is 2.25. The van der Waals surface area contributed by atoms with E-state index in [0.717, 1.165) is 73.3 Å². The van der Waals surface area contributed by atoms with Gasteiger partial charge in [-0.1, -0.05) is 42.0 Å². The average molecular weight is 514 g/mol. The van der Waals surface area contributed by atoms with Crippen molar-refractivity contribution in [1.29, 1.82) is 0 Å². The number of benzene rings is 3. The summed E-state index contributed by atoms with van der Waals surface area (Å²) in [6.07, 6.45) is 4.30. The molecule has 1 atom stereocenters. The lowest BCUT2D eigenvalue weighted by atomic mass is 9.85. The molecule has 1 N–H and O–H groups in total.